The first kappa shape index (κ1) is 24.5. The maximum Gasteiger partial charge on any atom is 1.00 e. The number of hydrogen-bond acceptors (Lipinski definition) is 10. The number of β-lactam (4-membered cyclic amide) rings is 1. The predicted octanol–water partition coefficient (Wildman–Crippen LogP) is -4.93. The second kappa shape index (κ2) is 10.0. The third-order valence-corrected chi connectivity index (χ3v) is 5.69. The molecular formula is C17H15N4NaO8S. The molecule has 14 heteroatoms. The summed E-state index contributed by atoms with van der Waals surface area (Å²) in [6.45, 7) is -0.419. The van der Waals surface area contributed by atoms with E-state index in [9.17, 15) is 34.6 Å². The Morgan fingerprint density at radius 3 is 2.68 bits per heavy atom. The minimum Gasteiger partial charge on any atom is -0.543 e. The van der Waals surface area contributed by atoms with Gasteiger partial charge in [-0.25, -0.2) is 4.79 Å². The molecule has 31 heavy (non-hydrogen) atoms. The van der Waals surface area contributed by atoms with Crippen molar-refractivity contribution in [3.05, 3.63) is 41.1 Å². The van der Waals surface area contributed by atoms with Gasteiger partial charge in [-0.3, -0.25) is 14.5 Å². The fourth-order valence-corrected chi connectivity index (χ4v) is 4.37. The Morgan fingerprint density at radius 2 is 2.10 bits per heavy atom. The van der Waals surface area contributed by atoms with Crippen molar-refractivity contribution in [2.75, 3.05) is 12.4 Å². The first-order valence-electron chi connectivity index (χ1n) is 8.37. The molecule has 2 heterocycles. The van der Waals surface area contributed by atoms with Crippen molar-refractivity contribution >= 4 is 41.4 Å². The minimum atomic E-state index is -1.64. The Labute approximate surface area is 201 Å². The maximum atomic E-state index is 12.5. The number of fused-ring (bicyclic) bond motifs is 1. The molecule has 158 valence electrons. The van der Waals surface area contributed by atoms with Gasteiger partial charge < -0.3 is 36.0 Å². The van der Waals surface area contributed by atoms with Gasteiger partial charge in [0, 0.05) is 16.9 Å². The van der Waals surface area contributed by atoms with E-state index in [1.807, 2.05) is 0 Å². The molecule has 0 radical (unpaired) electrons. The van der Waals surface area contributed by atoms with E-state index in [0.717, 1.165) is 16.7 Å². The third kappa shape index (κ3) is 4.95. The standard InChI is InChI=1S/C17H16N4O8S.Na/c18-17(27)29-5-8-6-30-15-11(14(24)21(15)12(8)16(25)26)19-13(23)10(20-28)7-2-1-3-9(22)4-7;/h1-4,11,15,22,28H,5-6H2,(H2,18,27)(H,19,23)(H,25,26);/q;+1/p-1/b20-10+;/t11?,15-;/m1./s1. The molecule has 0 bridgehead atoms. The number of hydrogen-bond donors (Lipinski definition) is 4. The first-order valence-corrected chi connectivity index (χ1v) is 9.42. The van der Waals surface area contributed by atoms with E-state index in [-0.39, 0.29) is 52.2 Å². The second-order valence-electron chi connectivity index (χ2n) is 6.21. The van der Waals surface area contributed by atoms with Crippen molar-refractivity contribution in [2.45, 2.75) is 11.4 Å². The van der Waals surface area contributed by atoms with Crippen LogP contribution in [0.2, 0.25) is 0 Å². The summed E-state index contributed by atoms with van der Waals surface area (Å²) >= 11 is 1.13. The Kier molecular flexibility index (Phi) is 7.95. The molecule has 1 aromatic rings. The normalized spacial score (nSPS) is 20.2. The molecule has 0 spiro atoms. The van der Waals surface area contributed by atoms with Crippen LogP contribution in [0.1, 0.15) is 5.56 Å². The van der Waals surface area contributed by atoms with E-state index in [4.69, 9.17) is 5.73 Å². The number of phenols is 1. The number of carboxylic acid groups (broad SMARTS) is 1. The number of nitrogens with two attached hydrogens (primary N) is 1. The molecule has 1 aromatic carbocycles. The van der Waals surface area contributed by atoms with Crippen LogP contribution in [0.15, 0.2) is 40.7 Å². The summed E-state index contributed by atoms with van der Waals surface area (Å²) < 4.78 is 4.61. The van der Waals surface area contributed by atoms with E-state index < -0.39 is 53.3 Å². The van der Waals surface area contributed by atoms with Crippen LogP contribution < -0.4 is 45.7 Å². The fraction of sp³-hybridized carbons (Fsp3) is 0.235. The average Bonchev–Trinajstić information content (AvgIpc) is 2.70. The largest absolute Gasteiger partial charge is 1.00 e. The van der Waals surface area contributed by atoms with Crippen molar-refractivity contribution in [3.63, 3.8) is 0 Å². The first-order chi connectivity index (χ1) is 14.2. The van der Waals surface area contributed by atoms with Crippen LogP contribution in [0.5, 0.6) is 5.75 Å². The molecule has 5 N–H and O–H groups in total. The number of phenolic OH excluding ortho intramolecular Hbond substituents is 1. The van der Waals surface area contributed by atoms with E-state index >= 15 is 0 Å². The van der Waals surface area contributed by atoms with E-state index in [1.165, 1.54) is 24.3 Å². The maximum absolute atomic E-state index is 12.5. The van der Waals surface area contributed by atoms with Gasteiger partial charge in [0.1, 0.15) is 23.8 Å². The molecule has 2 aliphatic heterocycles. The van der Waals surface area contributed by atoms with Gasteiger partial charge in [-0.2, -0.15) is 0 Å². The summed E-state index contributed by atoms with van der Waals surface area (Å²) in [5, 5.41) is 34.8. The topological polar surface area (TPSA) is 195 Å². The number of ether oxygens (including phenoxy) is 1. The van der Waals surface area contributed by atoms with Crippen LogP contribution in [0.3, 0.4) is 0 Å². The van der Waals surface area contributed by atoms with Crippen molar-refractivity contribution in [1.82, 2.24) is 10.2 Å². The zero-order valence-corrected chi connectivity index (χ0v) is 18.9. The molecule has 3 amide bonds. The molecule has 12 nitrogen and oxygen atoms in total. The molecule has 1 saturated heterocycles. The monoisotopic (exact) mass is 458 g/mol. The number of nitrogens with zero attached hydrogens (tertiary/aromatic N) is 2. The number of oxime groups is 1. The summed E-state index contributed by atoms with van der Waals surface area (Å²) in [6, 6.07) is 4.31. The molecule has 2 aliphatic rings. The fourth-order valence-electron chi connectivity index (χ4n) is 3.04. The van der Waals surface area contributed by atoms with Gasteiger partial charge in [0.05, 0.1) is 11.7 Å². The number of nitrogens with one attached hydrogen (secondary N) is 1. The van der Waals surface area contributed by atoms with Crippen LogP contribution in [-0.4, -0.2) is 68.6 Å². The number of carboxylic acids is 1. The summed E-state index contributed by atoms with van der Waals surface area (Å²) in [6.07, 6.45) is -1.10. The quantitative estimate of drug-likeness (QED) is 0.106. The molecule has 0 aromatic heterocycles. The molecule has 2 atom stereocenters. The Morgan fingerprint density at radius 1 is 1.39 bits per heavy atom. The summed E-state index contributed by atoms with van der Waals surface area (Å²) in [7, 11) is 0. The Balaban J connectivity index is 0.00000341. The zero-order chi connectivity index (χ0) is 22.0. The van der Waals surface area contributed by atoms with Gasteiger partial charge in [0.15, 0.2) is 5.71 Å². The summed E-state index contributed by atoms with van der Waals surface area (Å²) in [4.78, 5) is 48.3. The second-order valence-corrected chi connectivity index (χ2v) is 7.31. The van der Waals surface area contributed by atoms with Crippen molar-refractivity contribution in [3.8, 4) is 5.75 Å². The van der Waals surface area contributed by atoms with Gasteiger partial charge >= 0.3 is 35.7 Å². The number of carbonyl (C=O) groups excluding carboxylic acids is 4. The van der Waals surface area contributed by atoms with E-state index in [1.54, 1.807) is 0 Å². The third-order valence-electron chi connectivity index (χ3n) is 4.35. The van der Waals surface area contributed by atoms with E-state index in [2.05, 4.69) is 15.2 Å². The SMILES string of the molecule is NC(=O)OCC1=C(C(=O)[O-])N2C(=O)C(NC(=O)/C(=N/O)c3cccc(O)c3)[C@H]2SC1.[Na+]. The van der Waals surface area contributed by atoms with Crippen molar-refractivity contribution in [1.29, 1.82) is 0 Å². The van der Waals surface area contributed by atoms with Crippen LogP contribution in [0, 0.1) is 0 Å². The number of aromatic hydroxyl groups is 1. The number of rotatable bonds is 6. The molecule has 1 unspecified atom stereocenters. The van der Waals surface area contributed by atoms with Gasteiger partial charge in [-0.15, -0.1) is 11.8 Å². The number of benzene rings is 1. The van der Waals surface area contributed by atoms with Crippen molar-refractivity contribution in [2.24, 2.45) is 10.9 Å². The summed E-state index contributed by atoms with van der Waals surface area (Å²) in [5.41, 5.74) is 4.23. The number of amides is 3. The smallest absolute Gasteiger partial charge is 0.543 e. The van der Waals surface area contributed by atoms with Crippen molar-refractivity contribution < 1.29 is 68.9 Å². The Bertz CT molecular complexity index is 998. The number of aliphatic carboxylic acids is 1. The van der Waals surface area contributed by atoms with Crippen LogP contribution in [0.4, 0.5) is 4.79 Å². The van der Waals surface area contributed by atoms with Gasteiger partial charge in [0.2, 0.25) is 0 Å². The van der Waals surface area contributed by atoms with Gasteiger partial charge in [-0.05, 0) is 12.1 Å². The van der Waals surface area contributed by atoms with E-state index in [0.29, 0.717) is 0 Å². The van der Waals surface area contributed by atoms with Crippen LogP contribution in [0.25, 0.3) is 0 Å². The molecule has 1 fully saturated rings. The summed E-state index contributed by atoms with van der Waals surface area (Å²) in [5.74, 6) is -3.35. The zero-order valence-electron chi connectivity index (χ0n) is 16.1. The number of thioether (sulfide) groups is 1. The molecule has 0 aliphatic carbocycles. The molecule has 3 rings (SSSR count). The van der Waals surface area contributed by atoms with Gasteiger partial charge in [-0.1, -0.05) is 17.3 Å². The molecular weight excluding hydrogens is 443 g/mol. The molecule has 0 saturated carbocycles. The minimum absolute atomic E-state index is 0. The number of primary amides is 1. The number of carbonyl (C=O) groups is 4. The average molecular weight is 458 g/mol. The predicted molar refractivity (Wildman–Crippen MR) is 99.0 cm³/mol. The van der Waals surface area contributed by atoms with Crippen LogP contribution >= 0.6 is 11.8 Å². The Hall–Kier alpha value is -2.74. The van der Waals surface area contributed by atoms with Gasteiger partial charge in [0.25, 0.3) is 11.8 Å². The van der Waals surface area contributed by atoms with Crippen LogP contribution in [-0.2, 0) is 19.1 Å².